The van der Waals surface area contributed by atoms with Gasteiger partial charge in [-0.15, -0.1) is 0 Å². The molecule has 7 rings (SSSR count). The van der Waals surface area contributed by atoms with E-state index in [1.165, 1.54) is 52.5 Å². The number of pyridine rings is 1. The standard InChI is InChI=1S/C8H10.C7H9N.2C7H8.C5H6N2.C4H6N2.C4H8/c1-7-4-3-5-8(2)6-7;1-6-3-7(2)5-8-4-6;2*1-7-5-3-2-4-6-7;1-5-2-6-4-7-3-5;1-4-2-3-5-6-4;1-4-2-3-4/h3-6H,1-2H3;3-5H,1-2H3;2*2-6H,1H3;2-4H,1H3;2-3H,1H3,(H,5,6);4H,2-3H2,1H3. The van der Waals surface area contributed by atoms with E-state index in [0.717, 1.165) is 17.2 Å². The van der Waals surface area contributed by atoms with Crippen LogP contribution in [0.1, 0.15) is 64.4 Å². The highest BCUT2D eigenvalue weighted by atomic mass is 15.1. The first kappa shape index (κ1) is 40.1. The molecule has 0 atom stereocenters. The Bertz CT molecular complexity index is 1380. The fourth-order valence-corrected chi connectivity index (χ4v) is 3.45. The second kappa shape index (κ2) is 25.3. The topological polar surface area (TPSA) is 67.3 Å². The summed E-state index contributed by atoms with van der Waals surface area (Å²) in [5, 5.41) is 6.45. The van der Waals surface area contributed by atoms with Crippen LogP contribution in [-0.4, -0.2) is 25.1 Å². The van der Waals surface area contributed by atoms with E-state index in [0.29, 0.717) is 0 Å². The van der Waals surface area contributed by atoms with Gasteiger partial charge in [0, 0.05) is 36.7 Å². The van der Waals surface area contributed by atoms with Crippen LogP contribution in [0.5, 0.6) is 0 Å². The van der Waals surface area contributed by atoms with E-state index in [9.17, 15) is 0 Å². The molecule has 1 fully saturated rings. The van der Waals surface area contributed by atoms with Crippen molar-refractivity contribution in [2.75, 3.05) is 0 Å². The van der Waals surface area contributed by atoms with Crippen molar-refractivity contribution in [1.82, 2.24) is 25.1 Å². The molecule has 6 aromatic rings. The van der Waals surface area contributed by atoms with Crippen molar-refractivity contribution in [1.29, 1.82) is 0 Å². The predicted molar refractivity (Wildman–Crippen MR) is 200 cm³/mol. The fraction of sp³-hybridized carbons (Fsp3) is 0.286. The third-order valence-corrected chi connectivity index (χ3v) is 6.26. The van der Waals surface area contributed by atoms with E-state index in [4.69, 9.17) is 0 Å². The Morgan fingerprint density at radius 1 is 0.468 bits per heavy atom. The quantitative estimate of drug-likeness (QED) is 0.181. The van der Waals surface area contributed by atoms with Gasteiger partial charge in [0.1, 0.15) is 6.33 Å². The normalized spacial score (nSPS) is 10.4. The predicted octanol–water partition coefficient (Wildman–Crippen LogP) is 10.9. The van der Waals surface area contributed by atoms with E-state index in [-0.39, 0.29) is 0 Å². The molecule has 0 unspecified atom stereocenters. The van der Waals surface area contributed by atoms with Crippen LogP contribution < -0.4 is 0 Å². The number of hydrogen-bond donors (Lipinski definition) is 1. The summed E-state index contributed by atoms with van der Waals surface area (Å²) in [7, 11) is 0. The molecule has 0 bridgehead atoms. The Labute approximate surface area is 284 Å². The minimum Gasteiger partial charge on any atom is -0.283 e. The smallest absolute Gasteiger partial charge is 0.115 e. The Hall–Kier alpha value is -4.90. The number of aromatic nitrogens is 5. The highest BCUT2D eigenvalue weighted by Gasteiger charge is 2.12. The number of aromatic amines is 1. The van der Waals surface area contributed by atoms with Gasteiger partial charge < -0.3 is 0 Å². The van der Waals surface area contributed by atoms with Crippen molar-refractivity contribution in [3.8, 4) is 0 Å². The summed E-state index contributed by atoms with van der Waals surface area (Å²) in [5.41, 5.74) is 9.98. The Morgan fingerprint density at radius 3 is 1.06 bits per heavy atom. The lowest BCUT2D eigenvalue weighted by atomic mass is 10.2. The summed E-state index contributed by atoms with van der Waals surface area (Å²) >= 11 is 0. The maximum absolute atomic E-state index is 3.98. The van der Waals surface area contributed by atoms with Crippen LogP contribution in [0.25, 0.3) is 0 Å². The Morgan fingerprint density at radius 2 is 0.872 bits per heavy atom. The van der Waals surface area contributed by atoms with E-state index >= 15 is 0 Å². The van der Waals surface area contributed by atoms with Gasteiger partial charge in [-0.05, 0) is 84.1 Å². The number of benzene rings is 3. The number of aryl methyl sites for hydroxylation is 8. The van der Waals surface area contributed by atoms with Crippen molar-refractivity contribution in [2.45, 2.75) is 75.2 Å². The zero-order valence-electron chi connectivity index (χ0n) is 30.0. The van der Waals surface area contributed by atoms with Crippen molar-refractivity contribution in [3.63, 3.8) is 0 Å². The highest BCUT2D eigenvalue weighted by molar-refractivity contribution is 5.20. The van der Waals surface area contributed by atoms with Crippen LogP contribution in [0, 0.1) is 61.3 Å². The number of H-pyrrole nitrogens is 1. The first-order valence-electron chi connectivity index (χ1n) is 16.2. The number of hydrogen-bond acceptors (Lipinski definition) is 4. The van der Waals surface area contributed by atoms with Gasteiger partial charge in [-0.3, -0.25) is 10.1 Å². The molecular formula is C42H55N5. The molecule has 1 N–H and O–H groups in total. The van der Waals surface area contributed by atoms with E-state index in [2.05, 4.69) is 114 Å². The molecule has 0 spiro atoms. The molecule has 3 heterocycles. The van der Waals surface area contributed by atoms with Gasteiger partial charge in [-0.1, -0.05) is 133 Å². The second-order valence-electron chi connectivity index (χ2n) is 11.8. The summed E-state index contributed by atoms with van der Waals surface area (Å²) in [5.74, 6) is 1.08. The lowest BCUT2D eigenvalue weighted by Crippen LogP contribution is -1.76. The largest absolute Gasteiger partial charge is 0.283 e. The molecule has 5 nitrogen and oxygen atoms in total. The molecule has 0 radical (unpaired) electrons. The SMILES string of the molecule is CC1CC1.Cc1cccc(C)c1.Cc1ccccc1.Cc1ccccc1.Cc1ccn[nH]1.Cc1cncc(C)c1.Cc1cncnc1. The molecule has 0 aliphatic heterocycles. The highest BCUT2D eigenvalue weighted by Crippen LogP contribution is 2.26. The van der Waals surface area contributed by atoms with Gasteiger partial charge >= 0.3 is 0 Å². The summed E-state index contributed by atoms with van der Waals surface area (Å²) in [6.45, 7) is 18.7. The Balaban J connectivity index is 0.000000276. The van der Waals surface area contributed by atoms with E-state index < -0.39 is 0 Å². The molecule has 1 aliphatic carbocycles. The number of rotatable bonds is 0. The minimum absolute atomic E-state index is 1.08. The maximum Gasteiger partial charge on any atom is 0.115 e. The van der Waals surface area contributed by atoms with Crippen molar-refractivity contribution >= 4 is 0 Å². The van der Waals surface area contributed by atoms with Gasteiger partial charge in [0.15, 0.2) is 0 Å². The molecule has 0 amide bonds. The minimum atomic E-state index is 1.08. The van der Waals surface area contributed by atoms with Crippen LogP contribution in [0.3, 0.4) is 0 Å². The number of nitrogens with zero attached hydrogens (tertiary/aromatic N) is 4. The molecule has 1 aliphatic rings. The summed E-state index contributed by atoms with van der Waals surface area (Å²) in [6, 6.07) is 33.0. The molecule has 3 aromatic carbocycles. The zero-order valence-corrected chi connectivity index (χ0v) is 30.0. The Kier molecular flexibility index (Phi) is 21.6. The number of nitrogens with one attached hydrogen (secondary N) is 1. The first-order chi connectivity index (χ1) is 22.5. The average Bonchev–Trinajstić information content (AvgIpc) is 3.68. The molecule has 1 saturated carbocycles. The molecule has 248 valence electrons. The van der Waals surface area contributed by atoms with Gasteiger partial charge in [0.2, 0.25) is 0 Å². The van der Waals surface area contributed by atoms with Crippen molar-refractivity contribution in [3.05, 3.63) is 179 Å². The van der Waals surface area contributed by atoms with E-state index in [1.54, 1.807) is 18.6 Å². The third kappa shape index (κ3) is 26.1. The van der Waals surface area contributed by atoms with Crippen LogP contribution in [0.4, 0.5) is 0 Å². The summed E-state index contributed by atoms with van der Waals surface area (Å²) in [4.78, 5) is 11.5. The second-order valence-corrected chi connectivity index (χ2v) is 11.8. The van der Waals surface area contributed by atoms with Crippen molar-refractivity contribution in [2.24, 2.45) is 5.92 Å². The lowest BCUT2D eigenvalue weighted by molar-refractivity contribution is 0.983. The van der Waals surface area contributed by atoms with E-state index in [1.807, 2.05) is 82.6 Å². The van der Waals surface area contributed by atoms with Crippen LogP contribution in [0.15, 0.2) is 134 Å². The van der Waals surface area contributed by atoms with Gasteiger partial charge in [-0.25, -0.2) is 9.97 Å². The molecular weight excluding hydrogens is 574 g/mol. The molecule has 5 heteroatoms. The van der Waals surface area contributed by atoms with Crippen LogP contribution in [-0.2, 0) is 0 Å². The first-order valence-corrected chi connectivity index (χ1v) is 16.2. The molecule has 47 heavy (non-hydrogen) atoms. The van der Waals surface area contributed by atoms with Crippen LogP contribution >= 0.6 is 0 Å². The maximum atomic E-state index is 3.98. The molecule has 0 saturated heterocycles. The lowest BCUT2D eigenvalue weighted by Gasteiger charge is -1.90. The molecule has 3 aromatic heterocycles. The van der Waals surface area contributed by atoms with Gasteiger partial charge in [0.25, 0.3) is 0 Å². The summed E-state index contributed by atoms with van der Waals surface area (Å²) in [6.07, 6.45) is 13.5. The van der Waals surface area contributed by atoms with Crippen LogP contribution in [0.2, 0.25) is 0 Å². The zero-order chi connectivity index (χ0) is 34.7. The summed E-state index contributed by atoms with van der Waals surface area (Å²) < 4.78 is 0. The third-order valence-electron chi connectivity index (χ3n) is 6.26. The average molecular weight is 630 g/mol. The fourth-order valence-electron chi connectivity index (χ4n) is 3.45. The monoisotopic (exact) mass is 629 g/mol. The van der Waals surface area contributed by atoms with Gasteiger partial charge in [0.05, 0.1) is 0 Å². The van der Waals surface area contributed by atoms with Crippen molar-refractivity contribution < 1.29 is 0 Å². The van der Waals surface area contributed by atoms with Gasteiger partial charge in [-0.2, -0.15) is 5.10 Å².